The Labute approximate surface area is 141 Å². The van der Waals surface area contributed by atoms with E-state index in [1.54, 1.807) is 6.92 Å². The van der Waals surface area contributed by atoms with Crippen LogP contribution < -0.4 is 4.72 Å². The highest BCUT2D eigenvalue weighted by Gasteiger charge is 2.17. The SMILES string of the molecule is Cc1cc(F)ccc1S(=O)(=O)NCc1ccc2c(c1)cc(C)n2C. The van der Waals surface area contributed by atoms with Gasteiger partial charge in [-0.25, -0.2) is 17.5 Å². The molecule has 0 fully saturated rings. The van der Waals surface area contributed by atoms with Gasteiger partial charge in [0.15, 0.2) is 0 Å². The zero-order valence-electron chi connectivity index (χ0n) is 13.8. The molecule has 126 valence electrons. The average Bonchev–Trinajstić information content (AvgIpc) is 2.79. The Bertz CT molecular complexity index is 1020. The minimum absolute atomic E-state index is 0.0977. The Balaban J connectivity index is 1.84. The van der Waals surface area contributed by atoms with Gasteiger partial charge in [0.1, 0.15) is 5.82 Å². The summed E-state index contributed by atoms with van der Waals surface area (Å²) in [5, 5.41) is 1.07. The first-order valence-electron chi connectivity index (χ1n) is 7.59. The molecule has 24 heavy (non-hydrogen) atoms. The van der Waals surface area contributed by atoms with Crippen LogP contribution in [0.1, 0.15) is 16.8 Å². The van der Waals surface area contributed by atoms with E-state index in [2.05, 4.69) is 15.4 Å². The highest BCUT2D eigenvalue weighted by Crippen LogP contribution is 2.21. The molecule has 1 heterocycles. The van der Waals surface area contributed by atoms with Gasteiger partial charge in [0.25, 0.3) is 0 Å². The second-order valence-electron chi connectivity index (χ2n) is 5.97. The van der Waals surface area contributed by atoms with Gasteiger partial charge < -0.3 is 4.57 Å². The molecule has 0 atom stereocenters. The molecule has 0 aliphatic carbocycles. The third kappa shape index (κ3) is 3.07. The smallest absolute Gasteiger partial charge is 0.241 e. The fourth-order valence-corrected chi connectivity index (χ4v) is 4.06. The summed E-state index contributed by atoms with van der Waals surface area (Å²) in [6.45, 7) is 3.79. The van der Waals surface area contributed by atoms with Gasteiger partial charge in [0.2, 0.25) is 10.0 Å². The van der Waals surface area contributed by atoms with Crippen molar-refractivity contribution in [3.05, 3.63) is 65.1 Å². The molecule has 0 amide bonds. The van der Waals surface area contributed by atoms with Gasteiger partial charge in [-0.1, -0.05) is 6.07 Å². The molecule has 0 spiro atoms. The highest BCUT2D eigenvalue weighted by atomic mass is 32.2. The number of halogens is 1. The van der Waals surface area contributed by atoms with Gasteiger partial charge in [0.05, 0.1) is 4.90 Å². The maximum absolute atomic E-state index is 13.2. The summed E-state index contributed by atoms with van der Waals surface area (Å²) in [5.41, 5.74) is 3.51. The molecule has 0 unspecified atom stereocenters. The Kier molecular flexibility index (Phi) is 4.19. The zero-order chi connectivity index (χ0) is 17.5. The van der Waals surface area contributed by atoms with Gasteiger partial charge in [-0.05, 0) is 61.4 Å². The summed E-state index contributed by atoms with van der Waals surface area (Å²) in [6, 6.07) is 11.6. The number of aromatic nitrogens is 1. The van der Waals surface area contributed by atoms with Crippen LogP contribution in [0, 0.1) is 19.7 Å². The minimum Gasteiger partial charge on any atom is -0.348 e. The monoisotopic (exact) mass is 346 g/mol. The molecule has 4 nitrogen and oxygen atoms in total. The van der Waals surface area contributed by atoms with Gasteiger partial charge in [0, 0.05) is 30.2 Å². The maximum Gasteiger partial charge on any atom is 0.241 e. The van der Waals surface area contributed by atoms with Crippen molar-refractivity contribution in [3.63, 3.8) is 0 Å². The Morgan fingerprint density at radius 2 is 1.83 bits per heavy atom. The molecule has 0 bridgehead atoms. The first-order valence-corrected chi connectivity index (χ1v) is 9.07. The minimum atomic E-state index is -3.68. The number of sulfonamides is 1. The van der Waals surface area contributed by atoms with Crippen LogP contribution in [0.4, 0.5) is 4.39 Å². The third-order valence-electron chi connectivity index (χ3n) is 4.24. The van der Waals surface area contributed by atoms with Crippen LogP contribution in [0.25, 0.3) is 10.9 Å². The number of rotatable bonds is 4. The topological polar surface area (TPSA) is 51.1 Å². The third-order valence-corrected chi connectivity index (χ3v) is 5.80. The molecule has 0 saturated carbocycles. The predicted octanol–water partition coefficient (Wildman–Crippen LogP) is 3.41. The number of aryl methyl sites for hydroxylation is 3. The highest BCUT2D eigenvalue weighted by molar-refractivity contribution is 7.89. The van der Waals surface area contributed by atoms with E-state index in [0.717, 1.165) is 28.2 Å². The second-order valence-corrected chi connectivity index (χ2v) is 7.71. The second kappa shape index (κ2) is 6.03. The Morgan fingerprint density at radius 1 is 1.08 bits per heavy atom. The maximum atomic E-state index is 13.2. The van der Waals surface area contributed by atoms with Crippen LogP contribution in [0.15, 0.2) is 47.4 Å². The van der Waals surface area contributed by atoms with Crippen molar-refractivity contribution in [2.45, 2.75) is 25.3 Å². The van der Waals surface area contributed by atoms with Gasteiger partial charge in [-0.2, -0.15) is 0 Å². The van der Waals surface area contributed by atoms with E-state index in [-0.39, 0.29) is 11.4 Å². The van der Waals surface area contributed by atoms with Gasteiger partial charge >= 0.3 is 0 Å². The molecular formula is C18H19FN2O2S. The largest absolute Gasteiger partial charge is 0.348 e. The number of hydrogen-bond donors (Lipinski definition) is 1. The van der Waals surface area contributed by atoms with Crippen molar-refractivity contribution in [2.75, 3.05) is 0 Å². The van der Waals surface area contributed by atoms with E-state index < -0.39 is 15.8 Å². The fourth-order valence-electron chi connectivity index (χ4n) is 2.82. The van der Waals surface area contributed by atoms with E-state index in [1.165, 1.54) is 12.1 Å². The van der Waals surface area contributed by atoms with E-state index in [4.69, 9.17) is 0 Å². The molecule has 3 rings (SSSR count). The number of fused-ring (bicyclic) bond motifs is 1. The van der Waals surface area contributed by atoms with Crippen molar-refractivity contribution in [1.82, 2.24) is 9.29 Å². The first-order chi connectivity index (χ1) is 11.3. The molecule has 3 aromatic rings. The number of nitrogens with zero attached hydrogens (tertiary/aromatic N) is 1. The molecule has 0 radical (unpaired) electrons. The lowest BCUT2D eigenvalue weighted by Crippen LogP contribution is -2.24. The summed E-state index contributed by atoms with van der Waals surface area (Å²) < 4.78 is 42.7. The van der Waals surface area contributed by atoms with Crippen LogP contribution in [0.5, 0.6) is 0 Å². The normalized spacial score (nSPS) is 12.0. The Morgan fingerprint density at radius 3 is 2.54 bits per heavy atom. The van der Waals surface area contributed by atoms with E-state index >= 15 is 0 Å². The van der Waals surface area contributed by atoms with Crippen LogP contribution in [-0.2, 0) is 23.6 Å². The van der Waals surface area contributed by atoms with Crippen LogP contribution in [0.2, 0.25) is 0 Å². The van der Waals surface area contributed by atoms with Crippen molar-refractivity contribution in [3.8, 4) is 0 Å². The van der Waals surface area contributed by atoms with Gasteiger partial charge in [-0.15, -0.1) is 0 Å². The van der Waals surface area contributed by atoms with Crippen molar-refractivity contribution in [1.29, 1.82) is 0 Å². The first kappa shape index (κ1) is 16.7. The molecule has 0 aliphatic heterocycles. The molecule has 1 aromatic heterocycles. The average molecular weight is 346 g/mol. The lowest BCUT2D eigenvalue weighted by Gasteiger charge is -2.10. The summed E-state index contributed by atoms with van der Waals surface area (Å²) in [6.07, 6.45) is 0. The molecule has 6 heteroatoms. The molecule has 1 N–H and O–H groups in total. The van der Waals surface area contributed by atoms with Crippen molar-refractivity contribution >= 4 is 20.9 Å². The van der Waals surface area contributed by atoms with Crippen LogP contribution in [0.3, 0.4) is 0 Å². The molecule has 0 saturated heterocycles. The van der Waals surface area contributed by atoms with Crippen LogP contribution >= 0.6 is 0 Å². The van der Waals surface area contributed by atoms with Crippen molar-refractivity contribution < 1.29 is 12.8 Å². The number of nitrogens with one attached hydrogen (secondary N) is 1. The summed E-state index contributed by atoms with van der Waals surface area (Å²) in [5.74, 6) is -0.448. The van der Waals surface area contributed by atoms with Crippen LogP contribution in [-0.4, -0.2) is 13.0 Å². The van der Waals surface area contributed by atoms with E-state index in [0.29, 0.717) is 5.56 Å². The van der Waals surface area contributed by atoms with Gasteiger partial charge in [-0.3, -0.25) is 0 Å². The summed E-state index contributed by atoms with van der Waals surface area (Å²) >= 11 is 0. The number of benzene rings is 2. The quantitative estimate of drug-likeness (QED) is 0.787. The lowest BCUT2D eigenvalue weighted by atomic mass is 10.1. The van der Waals surface area contributed by atoms with E-state index in [1.807, 2.05) is 32.2 Å². The Hall–Kier alpha value is -2.18. The molecule has 2 aromatic carbocycles. The van der Waals surface area contributed by atoms with Crippen molar-refractivity contribution in [2.24, 2.45) is 7.05 Å². The number of hydrogen-bond acceptors (Lipinski definition) is 2. The predicted molar refractivity (Wildman–Crippen MR) is 92.8 cm³/mol. The molecular weight excluding hydrogens is 327 g/mol. The standard InChI is InChI=1S/C18H19FN2O2S/c1-12-8-16(19)5-7-18(12)24(22,23)20-11-14-4-6-17-15(10-14)9-13(2)21(17)3/h4-10,20H,11H2,1-3H3. The van der Waals surface area contributed by atoms with E-state index in [9.17, 15) is 12.8 Å². The zero-order valence-corrected chi connectivity index (χ0v) is 14.6. The lowest BCUT2D eigenvalue weighted by molar-refractivity contribution is 0.579. The molecule has 0 aliphatic rings. The summed E-state index contributed by atoms with van der Waals surface area (Å²) in [7, 11) is -1.69. The fraction of sp³-hybridized carbons (Fsp3) is 0.222. The summed E-state index contributed by atoms with van der Waals surface area (Å²) in [4.78, 5) is 0.0977.